The van der Waals surface area contributed by atoms with E-state index >= 15 is 0 Å². The van der Waals surface area contributed by atoms with Gasteiger partial charge >= 0.3 is 0 Å². The predicted molar refractivity (Wildman–Crippen MR) is 119 cm³/mol. The summed E-state index contributed by atoms with van der Waals surface area (Å²) in [7, 11) is 0. The van der Waals surface area contributed by atoms with Gasteiger partial charge in [0.2, 0.25) is 4.96 Å². The van der Waals surface area contributed by atoms with Crippen molar-refractivity contribution in [3.63, 3.8) is 0 Å². The van der Waals surface area contributed by atoms with E-state index in [9.17, 15) is 4.79 Å². The Morgan fingerprint density at radius 1 is 1.17 bits per heavy atom. The van der Waals surface area contributed by atoms with E-state index in [1.165, 1.54) is 11.3 Å². The maximum Gasteiger partial charge on any atom is 0.258 e. The molecule has 4 aromatic rings. The number of hydrogen-bond acceptors (Lipinski definition) is 6. The Bertz CT molecular complexity index is 1200. The SMILES string of the molecule is CCc1nnc2sc(-c3ccc(NC(=S)NC(=O)c4ccccc4Cl)cc3)nn12. The van der Waals surface area contributed by atoms with Crippen LogP contribution in [0.25, 0.3) is 15.5 Å². The minimum absolute atomic E-state index is 0.189. The minimum atomic E-state index is -0.365. The molecule has 0 bridgehead atoms. The Morgan fingerprint density at radius 3 is 2.66 bits per heavy atom. The second-order valence-corrected chi connectivity index (χ2v) is 7.81. The van der Waals surface area contributed by atoms with Crippen molar-refractivity contribution in [3.05, 3.63) is 64.9 Å². The van der Waals surface area contributed by atoms with Crippen molar-refractivity contribution in [2.24, 2.45) is 0 Å². The Balaban J connectivity index is 1.43. The van der Waals surface area contributed by atoms with Crippen molar-refractivity contribution in [2.45, 2.75) is 13.3 Å². The smallest absolute Gasteiger partial charge is 0.258 e. The van der Waals surface area contributed by atoms with E-state index in [0.717, 1.165) is 33.5 Å². The summed E-state index contributed by atoms with van der Waals surface area (Å²) in [4.78, 5) is 13.0. The lowest BCUT2D eigenvalue weighted by Crippen LogP contribution is -2.34. The second kappa shape index (κ2) is 8.24. The molecule has 7 nitrogen and oxygen atoms in total. The number of nitrogens with zero attached hydrogens (tertiary/aromatic N) is 4. The highest BCUT2D eigenvalue weighted by atomic mass is 35.5. The van der Waals surface area contributed by atoms with Gasteiger partial charge in [-0.1, -0.05) is 42.0 Å². The summed E-state index contributed by atoms with van der Waals surface area (Å²) in [5.41, 5.74) is 2.07. The number of benzene rings is 2. The van der Waals surface area contributed by atoms with Crippen LogP contribution in [-0.2, 0) is 6.42 Å². The normalized spacial score (nSPS) is 10.8. The number of rotatable bonds is 4. The molecule has 10 heteroatoms. The van der Waals surface area contributed by atoms with Crippen LogP contribution in [0.1, 0.15) is 23.1 Å². The third kappa shape index (κ3) is 4.12. The van der Waals surface area contributed by atoms with Gasteiger partial charge in [0.25, 0.3) is 5.91 Å². The average molecular weight is 443 g/mol. The molecule has 2 N–H and O–H groups in total. The molecule has 0 unspecified atom stereocenters. The van der Waals surface area contributed by atoms with E-state index in [2.05, 4.69) is 25.9 Å². The van der Waals surface area contributed by atoms with Crippen LogP contribution in [0, 0.1) is 0 Å². The molecule has 0 fully saturated rings. The van der Waals surface area contributed by atoms with Gasteiger partial charge in [-0.05, 0) is 48.6 Å². The zero-order valence-electron chi connectivity index (χ0n) is 15.2. The molecule has 2 heterocycles. The van der Waals surface area contributed by atoms with Gasteiger partial charge in [0.1, 0.15) is 5.01 Å². The van der Waals surface area contributed by atoms with Crippen LogP contribution in [0.5, 0.6) is 0 Å². The fraction of sp³-hybridized carbons (Fsp3) is 0.105. The number of aromatic nitrogens is 4. The largest absolute Gasteiger partial charge is 0.332 e. The Morgan fingerprint density at radius 2 is 1.93 bits per heavy atom. The third-order valence-electron chi connectivity index (χ3n) is 4.11. The summed E-state index contributed by atoms with van der Waals surface area (Å²) in [6.07, 6.45) is 0.768. The van der Waals surface area contributed by atoms with Gasteiger partial charge in [-0.25, -0.2) is 0 Å². The summed E-state index contributed by atoms with van der Waals surface area (Å²) in [5, 5.41) is 19.9. The summed E-state index contributed by atoms with van der Waals surface area (Å²) in [5.74, 6) is 0.469. The van der Waals surface area contributed by atoms with Crippen LogP contribution >= 0.6 is 35.2 Å². The number of halogens is 1. The van der Waals surface area contributed by atoms with E-state index in [4.69, 9.17) is 23.8 Å². The lowest BCUT2D eigenvalue weighted by atomic mass is 10.2. The van der Waals surface area contributed by atoms with Crippen molar-refractivity contribution in [3.8, 4) is 10.6 Å². The van der Waals surface area contributed by atoms with Gasteiger partial charge in [0, 0.05) is 17.7 Å². The van der Waals surface area contributed by atoms with E-state index in [0.29, 0.717) is 10.6 Å². The molecule has 29 heavy (non-hydrogen) atoms. The maximum atomic E-state index is 12.3. The number of anilines is 1. The minimum Gasteiger partial charge on any atom is -0.332 e. The van der Waals surface area contributed by atoms with Crippen LogP contribution in [0.3, 0.4) is 0 Å². The fourth-order valence-electron chi connectivity index (χ4n) is 2.67. The van der Waals surface area contributed by atoms with Crippen LogP contribution in [-0.4, -0.2) is 30.8 Å². The highest BCUT2D eigenvalue weighted by molar-refractivity contribution is 7.80. The molecule has 1 amide bonds. The number of hydrogen-bond donors (Lipinski definition) is 2. The number of nitrogens with one attached hydrogen (secondary N) is 2. The molecule has 0 aliphatic rings. The number of carbonyl (C=O) groups is 1. The van der Waals surface area contributed by atoms with Crippen molar-refractivity contribution < 1.29 is 4.79 Å². The van der Waals surface area contributed by atoms with E-state index in [-0.39, 0.29) is 11.0 Å². The lowest BCUT2D eigenvalue weighted by molar-refractivity contribution is 0.0978. The molecule has 0 aliphatic heterocycles. The molecular weight excluding hydrogens is 428 g/mol. The van der Waals surface area contributed by atoms with Crippen molar-refractivity contribution in [1.29, 1.82) is 0 Å². The number of aryl methyl sites for hydroxylation is 1. The topological polar surface area (TPSA) is 84.2 Å². The highest BCUT2D eigenvalue weighted by Crippen LogP contribution is 2.26. The molecular formula is C19H15ClN6OS2. The van der Waals surface area contributed by atoms with E-state index in [1.54, 1.807) is 28.8 Å². The van der Waals surface area contributed by atoms with Gasteiger partial charge in [0.05, 0.1) is 10.6 Å². The van der Waals surface area contributed by atoms with E-state index in [1.807, 2.05) is 31.2 Å². The van der Waals surface area contributed by atoms with Gasteiger partial charge in [-0.3, -0.25) is 10.1 Å². The second-order valence-electron chi connectivity index (χ2n) is 6.04. The van der Waals surface area contributed by atoms with Crippen molar-refractivity contribution in [1.82, 2.24) is 25.1 Å². The van der Waals surface area contributed by atoms with Crippen LogP contribution in [0.2, 0.25) is 5.02 Å². The van der Waals surface area contributed by atoms with Crippen LogP contribution in [0.4, 0.5) is 5.69 Å². The molecule has 4 rings (SSSR count). The fourth-order valence-corrected chi connectivity index (χ4v) is 3.96. The zero-order chi connectivity index (χ0) is 20.4. The standard InChI is InChI=1S/C19H15ClN6OS2/c1-2-15-23-24-19-26(15)25-17(29-19)11-7-9-12(10-8-11)21-18(28)22-16(27)13-5-3-4-6-14(13)20/h3-10H,2H2,1H3,(H2,21,22,27,28). The molecule has 0 spiro atoms. The Labute approximate surface area is 180 Å². The summed E-state index contributed by atoms with van der Waals surface area (Å²) in [6.45, 7) is 2.02. The summed E-state index contributed by atoms with van der Waals surface area (Å²) >= 11 is 12.7. The first kappa shape index (κ1) is 19.4. The molecule has 0 radical (unpaired) electrons. The monoisotopic (exact) mass is 442 g/mol. The van der Waals surface area contributed by atoms with Gasteiger partial charge < -0.3 is 5.32 Å². The highest BCUT2D eigenvalue weighted by Gasteiger charge is 2.13. The van der Waals surface area contributed by atoms with Crippen LogP contribution in [0.15, 0.2) is 48.5 Å². The summed E-state index contributed by atoms with van der Waals surface area (Å²) < 4.78 is 1.77. The first-order valence-electron chi connectivity index (χ1n) is 8.73. The zero-order valence-corrected chi connectivity index (χ0v) is 17.6. The van der Waals surface area contributed by atoms with Crippen molar-refractivity contribution in [2.75, 3.05) is 5.32 Å². The van der Waals surface area contributed by atoms with E-state index < -0.39 is 0 Å². The number of amides is 1. The Hall–Kier alpha value is -2.88. The molecule has 0 atom stereocenters. The quantitative estimate of drug-likeness (QED) is 0.461. The first-order chi connectivity index (χ1) is 14.0. The van der Waals surface area contributed by atoms with Gasteiger partial charge in [-0.15, -0.1) is 10.2 Å². The molecule has 146 valence electrons. The maximum absolute atomic E-state index is 12.3. The number of fused-ring (bicyclic) bond motifs is 1. The van der Waals surface area contributed by atoms with Gasteiger partial charge in [0.15, 0.2) is 10.9 Å². The predicted octanol–water partition coefficient (Wildman–Crippen LogP) is 4.20. The molecule has 2 aromatic carbocycles. The van der Waals surface area contributed by atoms with Crippen LogP contribution < -0.4 is 10.6 Å². The first-order valence-corrected chi connectivity index (χ1v) is 10.3. The lowest BCUT2D eigenvalue weighted by Gasteiger charge is -2.10. The molecule has 0 saturated heterocycles. The number of carbonyl (C=O) groups excluding carboxylic acids is 1. The molecule has 0 saturated carbocycles. The molecule has 2 aromatic heterocycles. The Kier molecular flexibility index (Phi) is 5.52. The van der Waals surface area contributed by atoms with Crippen molar-refractivity contribution >= 4 is 56.8 Å². The third-order valence-corrected chi connectivity index (χ3v) is 5.59. The summed E-state index contributed by atoms with van der Waals surface area (Å²) in [6, 6.07) is 14.4. The average Bonchev–Trinajstić information content (AvgIpc) is 3.29. The van der Waals surface area contributed by atoms with Gasteiger partial charge in [-0.2, -0.15) is 9.61 Å². The number of thiocarbonyl (C=S) groups is 1. The molecule has 0 aliphatic carbocycles.